The molecular weight excluding hydrogens is 330 g/mol. The van der Waals surface area contributed by atoms with E-state index in [9.17, 15) is 9.59 Å². The van der Waals surface area contributed by atoms with Gasteiger partial charge in [-0.1, -0.05) is 36.6 Å². The molecule has 1 aromatic heterocycles. The van der Waals surface area contributed by atoms with Crippen molar-refractivity contribution < 1.29 is 19.1 Å². The van der Waals surface area contributed by atoms with Crippen molar-refractivity contribution >= 4 is 23.5 Å². The summed E-state index contributed by atoms with van der Waals surface area (Å²) in [7, 11) is 0. The number of rotatable bonds is 5. The highest BCUT2D eigenvalue weighted by Crippen LogP contribution is 2.34. The molecule has 3 rings (SSSR count). The average molecular weight is 348 g/mol. The summed E-state index contributed by atoms with van der Waals surface area (Å²) in [4.78, 5) is 23.6. The summed E-state index contributed by atoms with van der Waals surface area (Å²) >= 11 is 6.14. The van der Waals surface area contributed by atoms with Gasteiger partial charge in [0.25, 0.3) is 5.91 Å². The SMILES string of the molecule is O=C(O)CC1(NC(=O)c2ccc(-c3ccccc3Cl)o2)CCCC1. The van der Waals surface area contributed by atoms with E-state index in [0.717, 1.165) is 12.8 Å². The van der Waals surface area contributed by atoms with Crippen molar-refractivity contribution in [1.82, 2.24) is 5.32 Å². The van der Waals surface area contributed by atoms with Gasteiger partial charge in [0.2, 0.25) is 0 Å². The zero-order chi connectivity index (χ0) is 17.2. The van der Waals surface area contributed by atoms with Gasteiger partial charge in [0.1, 0.15) is 5.76 Å². The van der Waals surface area contributed by atoms with E-state index in [1.807, 2.05) is 18.2 Å². The Morgan fingerprint density at radius 2 is 1.88 bits per heavy atom. The number of halogens is 1. The van der Waals surface area contributed by atoms with Gasteiger partial charge in [-0.3, -0.25) is 9.59 Å². The fraction of sp³-hybridized carbons (Fsp3) is 0.333. The molecule has 0 atom stereocenters. The van der Waals surface area contributed by atoms with E-state index in [0.29, 0.717) is 29.2 Å². The Morgan fingerprint density at radius 1 is 1.17 bits per heavy atom. The monoisotopic (exact) mass is 347 g/mol. The Bertz CT molecular complexity index is 762. The zero-order valence-electron chi connectivity index (χ0n) is 13.0. The number of hydrogen-bond acceptors (Lipinski definition) is 3. The Kier molecular flexibility index (Phi) is 4.62. The number of carboxylic acids is 1. The summed E-state index contributed by atoms with van der Waals surface area (Å²) in [6.45, 7) is 0. The summed E-state index contributed by atoms with van der Waals surface area (Å²) in [5, 5.41) is 12.5. The molecule has 1 amide bonds. The third-order valence-corrected chi connectivity index (χ3v) is 4.73. The van der Waals surface area contributed by atoms with Crippen LogP contribution in [0, 0.1) is 0 Å². The van der Waals surface area contributed by atoms with Gasteiger partial charge in [-0.15, -0.1) is 0 Å². The highest BCUT2D eigenvalue weighted by molar-refractivity contribution is 6.33. The molecule has 0 radical (unpaired) electrons. The van der Waals surface area contributed by atoms with Crippen molar-refractivity contribution in [3.63, 3.8) is 0 Å². The standard InChI is InChI=1S/C18H18ClNO4/c19-13-6-2-1-5-12(13)14-7-8-15(24-14)17(23)20-18(11-16(21)22)9-3-4-10-18/h1-2,5-8H,3-4,9-11H2,(H,20,23)(H,21,22). The van der Waals surface area contributed by atoms with Crippen LogP contribution in [-0.4, -0.2) is 22.5 Å². The van der Waals surface area contributed by atoms with E-state index >= 15 is 0 Å². The molecule has 0 saturated heterocycles. The van der Waals surface area contributed by atoms with Crippen molar-refractivity contribution in [3.05, 3.63) is 47.2 Å². The van der Waals surface area contributed by atoms with Crippen LogP contribution in [0.1, 0.15) is 42.7 Å². The zero-order valence-corrected chi connectivity index (χ0v) is 13.8. The van der Waals surface area contributed by atoms with Gasteiger partial charge < -0.3 is 14.8 Å². The lowest BCUT2D eigenvalue weighted by Crippen LogP contribution is -2.47. The van der Waals surface area contributed by atoms with Crippen LogP contribution in [0.5, 0.6) is 0 Å². The van der Waals surface area contributed by atoms with Crippen LogP contribution >= 0.6 is 11.6 Å². The van der Waals surface area contributed by atoms with E-state index < -0.39 is 17.4 Å². The predicted octanol–water partition coefficient (Wildman–Crippen LogP) is 4.12. The van der Waals surface area contributed by atoms with Gasteiger partial charge in [-0.25, -0.2) is 0 Å². The minimum Gasteiger partial charge on any atom is -0.481 e. The molecule has 0 bridgehead atoms. The maximum atomic E-state index is 12.5. The Balaban J connectivity index is 1.79. The van der Waals surface area contributed by atoms with Crippen LogP contribution in [0.25, 0.3) is 11.3 Å². The van der Waals surface area contributed by atoms with Crippen molar-refractivity contribution in [3.8, 4) is 11.3 Å². The first-order valence-corrected chi connectivity index (χ1v) is 8.26. The molecule has 0 unspecified atom stereocenters. The van der Waals surface area contributed by atoms with Gasteiger partial charge in [-0.05, 0) is 37.1 Å². The molecule has 6 heteroatoms. The quantitative estimate of drug-likeness (QED) is 0.852. The molecule has 0 spiro atoms. The Hall–Kier alpha value is -2.27. The lowest BCUT2D eigenvalue weighted by atomic mass is 9.93. The van der Waals surface area contributed by atoms with E-state index in [1.54, 1.807) is 18.2 Å². The van der Waals surface area contributed by atoms with Crippen LogP contribution in [0.2, 0.25) is 5.02 Å². The van der Waals surface area contributed by atoms with E-state index in [4.69, 9.17) is 21.1 Å². The van der Waals surface area contributed by atoms with E-state index in [2.05, 4.69) is 5.32 Å². The van der Waals surface area contributed by atoms with Crippen molar-refractivity contribution in [2.45, 2.75) is 37.6 Å². The minimum atomic E-state index is -0.909. The molecule has 2 N–H and O–H groups in total. The van der Waals surface area contributed by atoms with Gasteiger partial charge in [0.15, 0.2) is 5.76 Å². The number of furan rings is 1. The number of carbonyl (C=O) groups is 2. The smallest absolute Gasteiger partial charge is 0.305 e. The third kappa shape index (κ3) is 3.46. The second kappa shape index (κ2) is 6.69. The Labute approximate surface area is 144 Å². The van der Waals surface area contributed by atoms with Crippen molar-refractivity contribution in [1.29, 1.82) is 0 Å². The number of aliphatic carboxylic acids is 1. The highest BCUT2D eigenvalue weighted by Gasteiger charge is 2.38. The lowest BCUT2D eigenvalue weighted by Gasteiger charge is -2.28. The lowest BCUT2D eigenvalue weighted by molar-refractivity contribution is -0.138. The Morgan fingerprint density at radius 3 is 2.54 bits per heavy atom. The maximum absolute atomic E-state index is 12.5. The van der Waals surface area contributed by atoms with Crippen LogP contribution in [0.15, 0.2) is 40.8 Å². The number of carbonyl (C=O) groups excluding carboxylic acids is 1. The third-order valence-electron chi connectivity index (χ3n) is 4.40. The fourth-order valence-electron chi connectivity index (χ4n) is 3.26. The van der Waals surface area contributed by atoms with E-state index in [-0.39, 0.29) is 12.2 Å². The number of carboxylic acid groups (broad SMARTS) is 1. The molecule has 0 aliphatic heterocycles. The molecule has 1 heterocycles. The largest absolute Gasteiger partial charge is 0.481 e. The predicted molar refractivity (Wildman–Crippen MR) is 90.1 cm³/mol. The summed E-state index contributed by atoms with van der Waals surface area (Å²) in [6, 6.07) is 10.5. The average Bonchev–Trinajstić information content (AvgIpc) is 3.17. The maximum Gasteiger partial charge on any atom is 0.305 e. The van der Waals surface area contributed by atoms with Crippen LogP contribution in [-0.2, 0) is 4.79 Å². The molecule has 1 aliphatic rings. The molecule has 1 saturated carbocycles. The fourth-order valence-corrected chi connectivity index (χ4v) is 3.48. The van der Waals surface area contributed by atoms with Crippen LogP contribution in [0.3, 0.4) is 0 Å². The topological polar surface area (TPSA) is 79.5 Å². The number of hydrogen-bond donors (Lipinski definition) is 2. The molecule has 2 aromatic rings. The van der Waals surface area contributed by atoms with Gasteiger partial charge in [0, 0.05) is 5.56 Å². The van der Waals surface area contributed by atoms with Gasteiger partial charge in [0.05, 0.1) is 17.0 Å². The number of amides is 1. The molecular formula is C18H18ClNO4. The molecule has 24 heavy (non-hydrogen) atoms. The first-order chi connectivity index (χ1) is 11.5. The van der Waals surface area contributed by atoms with Crippen LogP contribution < -0.4 is 5.32 Å². The molecule has 1 fully saturated rings. The van der Waals surface area contributed by atoms with E-state index in [1.165, 1.54) is 0 Å². The van der Waals surface area contributed by atoms with Crippen molar-refractivity contribution in [2.24, 2.45) is 0 Å². The highest BCUT2D eigenvalue weighted by atomic mass is 35.5. The summed E-state index contributed by atoms with van der Waals surface area (Å²) in [5.74, 6) is -0.643. The summed E-state index contributed by atoms with van der Waals surface area (Å²) < 4.78 is 5.63. The molecule has 126 valence electrons. The molecule has 5 nitrogen and oxygen atoms in total. The first-order valence-electron chi connectivity index (χ1n) is 7.88. The van der Waals surface area contributed by atoms with Crippen molar-refractivity contribution in [2.75, 3.05) is 0 Å². The second-order valence-corrected chi connectivity index (χ2v) is 6.56. The number of benzene rings is 1. The second-order valence-electron chi connectivity index (χ2n) is 6.16. The normalized spacial score (nSPS) is 16.0. The van der Waals surface area contributed by atoms with Crippen LogP contribution in [0.4, 0.5) is 0 Å². The summed E-state index contributed by atoms with van der Waals surface area (Å²) in [6.07, 6.45) is 3.09. The molecule has 1 aromatic carbocycles. The van der Waals surface area contributed by atoms with Gasteiger partial charge in [-0.2, -0.15) is 0 Å². The summed E-state index contributed by atoms with van der Waals surface area (Å²) in [5.41, 5.74) is 0.0274. The number of nitrogens with one attached hydrogen (secondary N) is 1. The molecule has 1 aliphatic carbocycles. The first kappa shape index (κ1) is 16.6. The van der Waals surface area contributed by atoms with Gasteiger partial charge >= 0.3 is 5.97 Å². The minimum absolute atomic E-state index is 0.0726.